The highest BCUT2D eigenvalue weighted by molar-refractivity contribution is 14.1. The Labute approximate surface area is 83.9 Å². The van der Waals surface area contributed by atoms with Crippen molar-refractivity contribution in [3.05, 3.63) is 27.3 Å². The third kappa shape index (κ3) is 1.69. The van der Waals surface area contributed by atoms with Gasteiger partial charge in [0.15, 0.2) is 0 Å². The second kappa shape index (κ2) is 3.75. The van der Waals surface area contributed by atoms with Crippen LogP contribution in [0.3, 0.4) is 0 Å². The lowest BCUT2D eigenvalue weighted by Crippen LogP contribution is -2.04. The molecule has 64 valence electrons. The van der Waals surface area contributed by atoms with Crippen molar-refractivity contribution in [3.63, 3.8) is 0 Å². The van der Waals surface area contributed by atoms with Crippen molar-refractivity contribution < 1.29 is 9.90 Å². The molecule has 0 unspecified atom stereocenters. The number of aromatic carboxylic acids is 1. The molecule has 0 aromatic heterocycles. The van der Waals surface area contributed by atoms with Gasteiger partial charge in [0.05, 0.1) is 5.56 Å². The maximum Gasteiger partial charge on any atom is 0.338 e. The Morgan fingerprint density at radius 3 is 2.67 bits per heavy atom. The summed E-state index contributed by atoms with van der Waals surface area (Å²) in [4.78, 5) is 10.8. The number of hydrogen-bond acceptors (Lipinski definition) is 2. The maximum absolute atomic E-state index is 10.8. The maximum atomic E-state index is 10.8. The van der Waals surface area contributed by atoms with Gasteiger partial charge in [-0.1, -0.05) is 6.07 Å². The molecule has 0 atom stereocenters. The third-order valence-electron chi connectivity index (χ3n) is 1.50. The van der Waals surface area contributed by atoms with Crippen LogP contribution in [0.2, 0.25) is 0 Å². The minimum Gasteiger partial charge on any atom is -0.478 e. The molecule has 0 bridgehead atoms. The Hall–Kier alpha value is -0.780. The highest BCUT2D eigenvalue weighted by Gasteiger charge is 2.11. The summed E-state index contributed by atoms with van der Waals surface area (Å²) >= 11 is 2.00. The molecule has 0 aliphatic heterocycles. The van der Waals surface area contributed by atoms with E-state index >= 15 is 0 Å². The fourth-order valence-electron chi connectivity index (χ4n) is 0.950. The van der Waals surface area contributed by atoms with Gasteiger partial charge in [-0.15, -0.1) is 0 Å². The number of halogens is 1. The summed E-state index contributed by atoms with van der Waals surface area (Å²) in [5, 5.41) is 11.7. The summed E-state index contributed by atoms with van der Waals surface area (Å²) < 4.78 is 0.743. The molecule has 4 heteroatoms. The first-order chi connectivity index (χ1) is 5.66. The first-order valence-corrected chi connectivity index (χ1v) is 4.44. The second-order valence-electron chi connectivity index (χ2n) is 2.22. The summed E-state index contributed by atoms with van der Waals surface area (Å²) in [6, 6.07) is 5.33. The lowest BCUT2D eigenvalue weighted by molar-refractivity contribution is 0.0697. The zero-order chi connectivity index (χ0) is 9.14. The Morgan fingerprint density at radius 1 is 1.58 bits per heavy atom. The van der Waals surface area contributed by atoms with E-state index in [0.717, 1.165) is 3.57 Å². The number of carboxylic acids is 1. The zero-order valence-corrected chi connectivity index (χ0v) is 8.62. The molecule has 1 aromatic rings. The number of rotatable bonds is 2. The van der Waals surface area contributed by atoms with Gasteiger partial charge in [0, 0.05) is 16.3 Å². The molecule has 0 amide bonds. The van der Waals surface area contributed by atoms with E-state index in [9.17, 15) is 4.79 Å². The minimum absolute atomic E-state index is 0.334. The summed E-state index contributed by atoms with van der Waals surface area (Å²) in [5.41, 5.74) is 0.981. The molecule has 1 rings (SSSR count). The van der Waals surface area contributed by atoms with E-state index < -0.39 is 5.97 Å². The molecular weight excluding hydrogens is 269 g/mol. The highest BCUT2D eigenvalue weighted by atomic mass is 127. The van der Waals surface area contributed by atoms with Gasteiger partial charge in [-0.05, 0) is 34.7 Å². The van der Waals surface area contributed by atoms with Gasteiger partial charge in [0.25, 0.3) is 0 Å². The Morgan fingerprint density at radius 2 is 2.25 bits per heavy atom. The lowest BCUT2D eigenvalue weighted by atomic mass is 10.2. The minimum atomic E-state index is -0.899. The van der Waals surface area contributed by atoms with Gasteiger partial charge in [-0.25, -0.2) is 4.79 Å². The molecule has 2 N–H and O–H groups in total. The van der Waals surface area contributed by atoms with Gasteiger partial charge < -0.3 is 10.4 Å². The van der Waals surface area contributed by atoms with E-state index in [1.54, 1.807) is 19.2 Å². The van der Waals surface area contributed by atoms with Crippen molar-refractivity contribution >= 4 is 34.2 Å². The molecule has 0 aliphatic rings. The van der Waals surface area contributed by atoms with Gasteiger partial charge in [-0.3, -0.25) is 0 Å². The number of hydrogen-bond donors (Lipinski definition) is 2. The number of benzene rings is 1. The molecule has 0 aliphatic carbocycles. The molecule has 1 aromatic carbocycles. The van der Waals surface area contributed by atoms with Crippen LogP contribution in [-0.4, -0.2) is 18.1 Å². The van der Waals surface area contributed by atoms with E-state index in [0.29, 0.717) is 11.3 Å². The summed E-state index contributed by atoms with van der Waals surface area (Å²) in [5.74, 6) is -0.899. The van der Waals surface area contributed by atoms with Crippen LogP contribution in [0.5, 0.6) is 0 Å². The Bertz CT molecular complexity index is 312. The molecule has 3 nitrogen and oxygen atoms in total. The number of carboxylic acid groups (broad SMARTS) is 1. The van der Waals surface area contributed by atoms with Crippen LogP contribution >= 0.6 is 22.6 Å². The van der Waals surface area contributed by atoms with Crippen LogP contribution in [0.4, 0.5) is 5.69 Å². The Balaban J connectivity index is 3.29. The predicted octanol–water partition coefficient (Wildman–Crippen LogP) is 2.03. The van der Waals surface area contributed by atoms with Crippen molar-refractivity contribution in [1.82, 2.24) is 0 Å². The first-order valence-electron chi connectivity index (χ1n) is 3.36. The predicted molar refractivity (Wildman–Crippen MR) is 55.7 cm³/mol. The van der Waals surface area contributed by atoms with Crippen LogP contribution < -0.4 is 5.32 Å². The largest absolute Gasteiger partial charge is 0.478 e. The highest BCUT2D eigenvalue weighted by Crippen LogP contribution is 2.20. The zero-order valence-electron chi connectivity index (χ0n) is 6.47. The average Bonchev–Trinajstić information content (AvgIpc) is 2.03. The SMILES string of the molecule is CNc1cccc(I)c1C(=O)O. The lowest BCUT2D eigenvalue weighted by Gasteiger charge is -2.05. The molecular formula is C8H8INO2. The van der Waals surface area contributed by atoms with E-state index in [4.69, 9.17) is 5.11 Å². The Kier molecular flexibility index (Phi) is 2.91. The van der Waals surface area contributed by atoms with Crippen molar-refractivity contribution in [3.8, 4) is 0 Å². The van der Waals surface area contributed by atoms with Crippen molar-refractivity contribution in [1.29, 1.82) is 0 Å². The van der Waals surface area contributed by atoms with Crippen molar-refractivity contribution in [2.24, 2.45) is 0 Å². The van der Waals surface area contributed by atoms with Crippen LogP contribution in [0.1, 0.15) is 10.4 Å². The van der Waals surface area contributed by atoms with Crippen LogP contribution in [0.25, 0.3) is 0 Å². The van der Waals surface area contributed by atoms with Crippen LogP contribution in [-0.2, 0) is 0 Å². The number of anilines is 1. The quantitative estimate of drug-likeness (QED) is 0.813. The first kappa shape index (κ1) is 9.31. The number of nitrogens with one attached hydrogen (secondary N) is 1. The van der Waals surface area contributed by atoms with Gasteiger partial charge in [-0.2, -0.15) is 0 Å². The van der Waals surface area contributed by atoms with E-state index in [1.807, 2.05) is 28.7 Å². The van der Waals surface area contributed by atoms with E-state index in [-0.39, 0.29) is 0 Å². The van der Waals surface area contributed by atoms with E-state index in [1.165, 1.54) is 0 Å². The van der Waals surface area contributed by atoms with E-state index in [2.05, 4.69) is 5.32 Å². The standard InChI is InChI=1S/C8H8INO2/c1-10-6-4-2-3-5(9)7(6)8(11)12/h2-4,10H,1H3,(H,11,12). The summed E-state index contributed by atoms with van der Waals surface area (Å²) in [7, 11) is 1.71. The number of carbonyl (C=O) groups is 1. The fraction of sp³-hybridized carbons (Fsp3) is 0.125. The smallest absolute Gasteiger partial charge is 0.338 e. The van der Waals surface area contributed by atoms with Crippen LogP contribution in [0.15, 0.2) is 18.2 Å². The molecule has 0 fully saturated rings. The monoisotopic (exact) mass is 277 g/mol. The van der Waals surface area contributed by atoms with Crippen LogP contribution in [0, 0.1) is 3.57 Å². The molecule has 0 spiro atoms. The molecule has 0 heterocycles. The van der Waals surface area contributed by atoms with Gasteiger partial charge in [0.2, 0.25) is 0 Å². The van der Waals surface area contributed by atoms with Gasteiger partial charge in [0.1, 0.15) is 0 Å². The average molecular weight is 277 g/mol. The normalized spacial score (nSPS) is 9.50. The van der Waals surface area contributed by atoms with Crippen molar-refractivity contribution in [2.75, 3.05) is 12.4 Å². The van der Waals surface area contributed by atoms with Crippen molar-refractivity contribution in [2.45, 2.75) is 0 Å². The molecule has 0 saturated carbocycles. The summed E-state index contributed by atoms with van der Waals surface area (Å²) in [6.07, 6.45) is 0. The third-order valence-corrected chi connectivity index (χ3v) is 2.40. The fourth-order valence-corrected chi connectivity index (χ4v) is 1.68. The molecule has 0 radical (unpaired) electrons. The molecule has 12 heavy (non-hydrogen) atoms. The second-order valence-corrected chi connectivity index (χ2v) is 3.38. The van der Waals surface area contributed by atoms with Gasteiger partial charge >= 0.3 is 5.97 Å². The summed E-state index contributed by atoms with van der Waals surface area (Å²) in [6.45, 7) is 0. The molecule has 0 saturated heterocycles. The topological polar surface area (TPSA) is 49.3 Å².